The third kappa shape index (κ3) is 2.61. The minimum atomic E-state index is -0.0564. The molecule has 0 aliphatic carbocycles. The number of H-pyrrole nitrogens is 1. The molecule has 1 saturated heterocycles. The van der Waals surface area contributed by atoms with Crippen molar-refractivity contribution in [1.82, 2.24) is 15.3 Å². The number of aromatic amines is 1. The molecule has 0 radical (unpaired) electrons. The van der Waals surface area contributed by atoms with Gasteiger partial charge in [-0.25, -0.2) is 4.98 Å². The highest BCUT2D eigenvalue weighted by atomic mass is 16.1. The largest absolute Gasteiger partial charge is 0.341 e. The third-order valence-electron chi connectivity index (χ3n) is 2.78. The van der Waals surface area contributed by atoms with Crippen molar-refractivity contribution in [3.05, 3.63) is 22.1 Å². The van der Waals surface area contributed by atoms with Gasteiger partial charge in [-0.3, -0.25) is 9.78 Å². The van der Waals surface area contributed by atoms with Crippen molar-refractivity contribution < 1.29 is 0 Å². The smallest absolute Gasteiger partial charge is 0.252 e. The van der Waals surface area contributed by atoms with Crippen LogP contribution >= 0.6 is 0 Å². The molecule has 1 aromatic heterocycles. The van der Waals surface area contributed by atoms with Crippen LogP contribution in [0.3, 0.4) is 0 Å². The minimum Gasteiger partial charge on any atom is -0.341 e. The second-order valence-corrected chi connectivity index (χ2v) is 4.00. The highest BCUT2D eigenvalue weighted by molar-refractivity contribution is 5.30. The van der Waals surface area contributed by atoms with Gasteiger partial charge in [-0.2, -0.15) is 0 Å². The molecule has 5 heteroatoms. The SMILES string of the molecule is CCc1cc(=O)[nH]c(N2CCCNCC2)n1. The Morgan fingerprint density at radius 2 is 2.31 bits per heavy atom. The summed E-state index contributed by atoms with van der Waals surface area (Å²) in [6.45, 7) is 5.84. The minimum absolute atomic E-state index is 0.0564. The summed E-state index contributed by atoms with van der Waals surface area (Å²) in [6, 6.07) is 1.57. The van der Waals surface area contributed by atoms with Gasteiger partial charge in [0.2, 0.25) is 5.95 Å². The van der Waals surface area contributed by atoms with Gasteiger partial charge in [-0.1, -0.05) is 6.92 Å². The molecule has 0 spiro atoms. The Hall–Kier alpha value is -1.36. The lowest BCUT2D eigenvalue weighted by atomic mass is 10.3. The van der Waals surface area contributed by atoms with Crippen molar-refractivity contribution in [1.29, 1.82) is 0 Å². The van der Waals surface area contributed by atoms with E-state index in [0.29, 0.717) is 5.95 Å². The number of nitrogens with zero attached hydrogens (tertiary/aromatic N) is 2. The molecule has 2 rings (SSSR count). The average Bonchev–Trinajstić information content (AvgIpc) is 2.56. The number of anilines is 1. The monoisotopic (exact) mass is 222 g/mol. The molecule has 1 aliphatic heterocycles. The van der Waals surface area contributed by atoms with Gasteiger partial charge in [0.05, 0.1) is 0 Å². The Balaban J connectivity index is 2.23. The quantitative estimate of drug-likeness (QED) is 0.747. The van der Waals surface area contributed by atoms with Crippen LogP contribution in [0.25, 0.3) is 0 Å². The number of hydrogen-bond donors (Lipinski definition) is 2. The van der Waals surface area contributed by atoms with Crippen molar-refractivity contribution in [3.63, 3.8) is 0 Å². The van der Waals surface area contributed by atoms with Crippen LogP contribution in [0.2, 0.25) is 0 Å². The second-order valence-electron chi connectivity index (χ2n) is 4.00. The van der Waals surface area contributed by atoms with E-state index in [4.69, 9.17) is 0 Å². The van der Waals surface area contributed by atoms with Crippen LogP contribution in [0.15, 0.2) is 10.9 Å². The van der Waals surface area contributed by atoms with Crippen molar-refractivity contribution in [2.24, 2.45) is 0 Å². The molecule has 88 valence electrons. The van der Waals surface area contributed by atoms with Gasteiger partial charge < -0.3 is 10.2 Å². The maximum absolute atomic E-state index is 11.5. The Kier molecular flexibility index (Phi) is 3.56. The summed E-state index contributed by atoms with van der Waals surface area (Å²) in [5.74, 6) is 0.716. The first-order chi connectivity index (χ1) is 7.79. The zero-order valence-electron chi connectivity index (χ0n) is 9.62. The Labute approximate surface area is 94.9 Å². The van der Waals surface area contributed by atoms with E-state index in [1.54, 1.807) is 6.07 Å². The van der Waals surface area contributed by atoms with Gasteiger partial charge in [-0.15, -0.1) is 0 Å². The Morgan fingerprint density at radius 1 is 1.44 bits per heavy atom. The van der Waals surface area contributed by atoms with E-state index in [9.17, 15) is 4.79 Å². The van der Waals surface area contributed by atoms with Gasteiger partial charge in [0, 0.05) is 31.4 Å². The lowest BCUT2D eigenvalue weighted by Crippen LogP contribution is -2.31. The molecule has 0 aromatic carbocycles. The van der Waals surface area contributed by atoms with E-state index in [1.165, 1.54) is 0 Å². The maximum Gasteiger partial charge on any atom is 0.252 e. The summed E-state index contributed by atoms with van der Waals surface area (Å²) in [6.07, 6.45) is 1.88. The first-order valence-corrected chi connectivity index (χ1v) is 5.85. The normalized spacial score (nSPS) is 17.2. The standard InChI is InChI=1S/C11H18N4O/c1-2-9-8-10(16)14-11(13-9)15-6-3-4-12-5-7-15/h8,12H,2-7H2,1H3,(H,13,14,16). The van der Waals surface area contributed by atoms with Crippen LogP contribution in [-0.4, -0.2) is 36.1 Å². The van der Waals surface area contributed by atoms with Crippen LogP contribution in [-0.2, 0) is 6.42 Å². The van der Waals surface area contributed by atoms with Crippen LogP contribution in [0, 0.1) is 0 Å². The summed E-state index contributed by atoms with van der Waals surface area (Å²) in [7, 11) is 0. The predicted octanol–water partition coefficient (Wildman–Crippen LogP) is 0.132. The van der Waals surface area contributed by atoms with E-state index < -0.39 is 0 Å². The summed E-state index contributed by atoms with van der Waals surface area (Å²) in [5.41, 5.74) is 0.801. The van der Waals surface area contributed by atoms with E-state index in [0.717, 1.165) is 44.7 Å². The molecule has 16 heavy (non-hydrogen) atoms. The number of aryl methyl sites for hydroxylation is 1. The van der Waals surface area contributed by atoms with Gasteiger partial charge >= 0.3 is 0 Å². The first-order valence-electron chi connectivity index (χ1n) is 5.85. The molecule has 2 N–H and O–H groups in total. The highest BCUT2D eigenvalue weighted by Gasteiger charge is 2.12. The van der Waals surface area contributed by atoms with E-state index >= 15 is 0 Å². The molecule has 0 unspecified atom stereocenters. The third-order valence-corrected chi connectivity index (χ3v) is 2.78. The number of aromatic nitrogens is 2. The summed E-state index contributed by atoms with van der Waals surface area (Å²) in [4.78, 5) is 20.9. The molecule has 0 bridgehead atoms. The van der Waals surface area contributed by atoms with Crippen molar-refractivity contribution in [3.8, 4) is 0 Å². The fourth-order valence-corrected chi connectivity index (χ4v) is 1.88. The number of nitrogens with one attached hydrogen (secondary N) is 2. The van der Waals surface area contributed by atoms with Crippen molar-refractivity contribution in [2.75, 3.05) is 31.1 Å². The molecular formula is C11H18N4O. The summed E-state index contributed by atoms with van der Waals surface area (Å²) < 4.78 is 0. The predicted molar refractivity (Wildman–Crippen MR) is 63.9 cm³/mol. The van der Waals surface area contributed by atoms with E-state index in [2.05, 4.69) is 20.2 Å². The summed E-state index contributed by atoms with van der Waals surface area (Å²) >= 11 is 0. The van der Waals surface area contributed by atoms with Crippen molar-refractivity contribution in [2.45, 2.75) is 19.8 Å². The zero-order valence-corrected chi connectivity index (χ0v) is 9.62. The van der Waals surface area contributed by atoms with Gasteiger partial charge in [-0.05, 0) is 19.4 Å². The average molecular weight is 222 g/mol. The second kappa shape index (κ2) is 5.12. The van der Waals surface area contributed by atoms with Gasteiger partial charge in [0.15, 0.2) is 0 Å². The van der Waals surface area contributed by atoms with E-state index in [-0.39, 0.29) is 5.56 Å². The van der Waals surface area contributed by atoms with E-state index in [1.807, 2.05) is 6.92 Å². The molecule has 0 amide bonds. The molecule has 0 atom stereocenters. The van der Waals surface area contributed by atoms with Crippen LogP contribution in [0.5, 0.6) is 0 Å². The molecule has 0 saturated carbocycles. The first kappa shape index (κ1) is 11.1. The Bertz CT molecular complexity index is 393. The topological polar surface area (TPSA) is 61.0 Å². The fourth-order valence-electron chi connectivity index (χ4n) is 1.88. The molecule has 1 aromatic rings. The van der Waals surface area contributed by atoms with Crippen molar-refractivity contribution >= 4 is 5.95 Å². The number of hydrogen-bond acceptors (Lipinski definition) is 4. The van der Waals surface area contributed by atoms with Crippen LogP contribution < -0.4 is 15.8 Å². The van der Waals surface area contributed by atoms with Gasteiger partial charge in [0.25, 0.3) is 5.56 Å². The fraction of sp³-hybridized carbons (Fsp3) is 0.636. The molecular weight excluding hydrogens is 204 g/mol. The van der Waals surface area contributed by atoms with Gasteiger partial charge in [0.1, 0.15) is 0 Å². The molecule has 1 aliphatic rings. The molecule has 5 nitrogen and oxygen atoms in total. The maximum atomic E-state index is 11.5. The molecule has 1 fully saturated rings. The zero-order chi connectivity index (χ0) is 11.4. The highest BCUT2D eigenvalue weighted by Crippen LogP contribution is 2.07. The lowest BCUT2D eigenvalue weighted by Gasteiger charge is -2.20. The Morgan fingerprint density at radius 3 is 3.12 bits per heavy atom. The van der Waals surface area contributed by atoms with Crippen LogP contribution in [0.4, 0.5) is 5.95 Å². The number of rotatable bonds is 2. The molecule has 2 heterocycles. The summed E-state index contributed by atoms with van der Waals surface area (Å²) in [5, 5.41) is 3.33. The lowest BCUT2D eigenvalue weighted by molar-refractivity contribution is 0.724. The van der Waals surface area contributed by atoms with Crippen LogP contribution in [0.1, 0.15) is 19.0 Å².